The first-order chi connectivity index (χ1) is 8.20. The number of nitriles is 1. The van der Waals surface area contributed by atoms with E-state index in [1.54, 1.807) is 18.3 Å². The number of aryl methyl sites for hydroxylation is 1. The van der Waals surface area contributed by atoms with Crippen LogP contribution >= 0.6 is 11.6 Å². The van der Waals surface area contributed by atoms with Gasteiger partial charge in [-0.15, -0.1) is 0 Å². The Hall–Kier alpha value is -1.99. The first kappa shape index (κ1) is 11.5. The molecule has 0 saturated carbocycles. The molecule has 0 fully saturated rings. The molecule has 17 heavy (non-hydrogen) atoms. The number of nitrogens with one attached hydrogen (secondary N) is 2. The Morgan fingerprint density at radius 2 is 2.35 bits per heavy atom. The second-order valence-corrected chi connectivity index (χ2v) is 4.09. The van der Waals surface area contributed by atoms with Crippen molar-refractivity contribution in [2.24, 2.45) is 0 Å². The standard InChI is InChI=1S/C12H11ClN4/c1-8-10(7-16-17-8)6-15-11-3-2-9(5-14)12(13)4-11/h2-4,7,15H,6H2,1H3,(H,16,17). The molecule has 5 heteroatoms. The van der Waals surface area contributed by atoms with Crippen molar-refractivity contribution < 1.29 is 0 Å². The van der Waals surface area contributed by atoms with Gasteiger partial charge in [-0.3, -0.25) is 5.10 Å². The van der Waals surface area contributed by atoms with E-state index in [9.17, 15) is 0 Å². The summed E-state index contributed by atoms with van der Waals surface area (Å²) in [7, 11) is 0. The molecule has 0 atom stereocenters. The topological polar surface area (TPSA) is 64.5 Å². The van der Waals surface area contributed by atoms with E-state index in [4.69, 9.17) is 16.9 Å². The number of halogens is 1. The number of aromatic amines is 1. The number of H-pyrrole nitrogens is 1. The van der Waals surface area contributed by atoms with E-state index in [2.05, 4.69) is 15.5 Å². The number of aromatic nitrogens is 2. The molecular formula is C12H11ClN4. The van der Waals surface area contributed by atoms with Gasteiger partial charge in [-0.25, -0.2) is 0 Å². The summed E-state index contributed by atoms with van der Waals surface area (Å²) in [5.74, 6) is 0. The summed E-state index contributed by atoms with van der Waals surface area (Å²) in [4.78, 5) is 0. The normalized spacial score (nSPS) is 9.94. The van der Waals surface area contributed by atoms with Crippen molar-refractivity contribution in [3.05, 3.63) is 46.2 Å². The molecule has 2 aromatic rings. The second kappa shape index (κ2) is 4.89. The highest BCUT2D eigenvalue weighted by molar-refractivity contribution is 6.32. The van der Waals surface area contributed by atoms with Crippen LogP contribution in [0.15, 0.2) is 24.4 Å². The Kier molecular flexibility index (Phi) is 3.31. The molecule has 0 saturated heterocycles. The van der Waals surface area contributed by atoms with Crippen molar-refractivity contribution in [2.45, 2.75) is 13.5 Å². The van der Waals surface area contributed by atoms with E-state index in [-0.39, 0.29) is 0 Å². The third-order valence-corrected chi connectivity index (χ3v) is 2.82. The maximum atomic E-state index is 8.76. The van der Waals surface area contributed by atoms with Crippen molar-refractivity contribution >= 4 is 17.3 Å². The van der Waals surface area contributed by atoms with E-state index in [0.29, 0.717) is 17.1 Å². The zero-order valence-corrected chi connectivity index (χ0v) is 10.0. The fourth-order valence-electron chi connectivity index (χ4n) is 1.47. The molecule has 2 rings (SSSR count). The lowest BCUT2D eigenvalue weighted by Crippen LogP contribution is -1.99. The maximum absolute atomic E-state index is 8.76. The molecule has 0 aliphatic heterocycles. The van der Waals surface area contributed by atoms with Crippen molar-refractivity contribution in [2.75, 3.05) is 5.32 Å². The summed E-state index contributed by atoms with van der Waals surface area (Å²) in [6.07, 6.45) is 1.79. The summed E-state index contributed by atoms with van der Waals surface area (Å²) in [5.41, 5.74) is 3.51. The molecule has 1 aromatic heterocycles. The van der Waals surface area contributed by atoms with Crippen molar-refractivity contribution in [1.29, 1.82) is 5.26 Å². The van der Waals surface area contributed by atoms with E-state index >= 15 is 0 Å². The summed E-state index contributed by atoms with van der Waals surface area (Å²) >= 11 is 5.94. The summed E-state index contributed by atoms with van der Waals surface area (Å²) in [6.45, 7) is 2.64. The number of hydrogen-bond acceptors (Lipinski definition) is 3. The number of anilines is 1. The zero-order valence-electron chi connectivity index (χ0n) is 9.29. The molecule has 0 aliphatic rings. The largest absolute Gasteiger partial charge is 0.381 e. The van der Waals surface area contributed by atoms with Crippen LogP contribution in [-0.4, -0.2) is 10.2 Å². The minimum absolute atomic E-state index is 0.460. The lowest BCUT2D eigenvalue weighted by molar-refractivity contribution is 1.04. The highest BCUT2D eigenvalue weighted by Gasteiger charge is 2.02. The summed E-state index contributed by atoms with van der Waals surface area (Å²) < 4.78 is 0. The van der Waals surface area contributed by atoms with Crippen LogP contribution in [0, 0.1) is 18.3 Å². The molecule has 0 radical (unpaired) electrons. The van der Waals surface area contributed by atoms with Gasteiger partial charge in [0.05, 0.1) is 16.8 Å². The average molecular weight is 247 g/mol. The van der Waals surface area contributed by atoms with E-state index in [1.807, 2.05) is 19.1 Å². The first-order valence-electron chi connectivity index (χ1n) is 5.13. The SMILES string of the molecule is Cc1[nH]ncc1CNc1ccc(C#N)c(Cl)c1. The van der Waals surface area contributed by atoms with E-state index in [1.165, 1.54) is 0 Å². The quantitative estimate of drug-likeness (QED) is 0.875. The Morgan fingerprint density at radius 3 is 2.94 bits per heavy atom. The van der Waals surface area contributed by atoms with Crippen LogP contribution in [0.1, 0.15) is 16.8 Å². The van der Waals surface area contributed by atoms with Crippen molar-refractivity contribution in [3.63, 3.8) is 0 Å². The van der Waals surface area contributed by atoms with Crippen LogP contribution in [0.2, 0.25) is 5.02 Å². The van der Waals surface area contributed by atoms with Gasteiger partial charge >= 0.3 is 0 Å². The van der Waals surface area contributed by atoms with Gasteiger partial charge in [-0.05, 0) is 25.1 Å². The molecule has 0 unspecified atom stereocenters. The van der Waals surface area contributed by atoms with Gasteiger partial charge in [0.25, 0.3) is 0 Å². The molecule has 0 aliphatic carbocycles. The molecule has 86 valence electrons. The minimum atomic E-state index is 0.460. The fourth-order valence-corrected chi connectivity index (χ4v) is 1.69. The lowest BCUT2D eigenvalue weighted by Gasteiger charge is -2.06. The van der Waals surface area contributed by atoms with Crippen LogP contribution in [0.3, 0.4) is 0 Å². The summed E-state index contributed by atoms with van der Waals surface area (Å²) in [6, 6.07) is 7.31. The van der Waals surface area contributed by atoms with Gasteiger partial charge in [0, 0.05) is 23.5 Å². The third kappa shape index (κ3) is 2.58. The third-order valence-electron chi connectivity index (χ3n) is 2.51. The molecule has 0 spiro atoms. The smallest absolute Gasteiger partial charge is 0.101 e. The number of benzene rings is 1. The summed E-state index contributed by atoms with van der Waals surface area (Å²) in [5, 5.41) is 19.3. The van der Waals surface area contributed by atoms with Crippen molar-refractivity contribution in [1.82, 2.24) is 10.2 Å². The van der Waals surface area contributed by atoms with Gasteiger partial charge < -0.3 is 5.32 Å². The zero-order chi connectivity index (χ0) is 12.3. The van der Waals surface area contributed by atoms with Crippen LogP contribution in [0.25, 0.3) is 0 Å². The Labute approximate surface area is 104 Å². The molecule has 1 aromatic carbocycles. The molecular weight excluding hydrogens is 236 g/mol. The minimum Gasteiger partial charge on any atom is -0.381 e. The van der Waals surface area contributed by atoms with Gasteiger partial charge in [0.15, 0.2) is 0 Å². The van der Waals surface area contributed by atoms with Crippen molar-refractivity contribution in [3.8, 4) is 6.07 Å². The van der Waals surface area contributed by atoms with Gasteiger partial charge in [0.2, 0.25) is 0 Å². The number of nitrogens with zero attached hydrogens (tertiary/aromatic N) is 2. The highest BCUT2D eigenvalue weighted by Crippen LogP contribution is 2.20. The first-order valence-corrected chi connectivity index (χ1v) is 5.51. The number of hydrogen-bond donors (Lipinski definition) is 2. The molecule has 0 bridgehead atoms. The predicted molar refractivity (Wildman–Crippen MR) is 66.8 cm³/mol. The monoisotopic (exact) mass is 246 g/mol. The van der Waals surface area contributed by atoms with Crippen LogP contribution in [0.5, 0.6) is 0 Å². The Bertz CT molecular complexity index is 568. The fraction of sp³-hybridized carbons (Fsp3) is 0.167. The predicted octanol–water partition coefficient (Wildman–Crippen LogP) is 2.86. The molecule has 0 amide bonds. The highest BCUT2D eigenvalue weighted by atomic mass is 35.5. The van der Waals surface area contributed by atoms with E-state index in [0.717, 1.165) is 16.9 Å². The number of rotatable bonds is 3. The second-order valence-electron chi connectivity index (χ2n) is 3.68. The Balaban J connectivity index is 2.08. The maximum Gasteiger partial charge on any atom is 0.101 e. The molecule has 1 heterocycles. The van der Waals surface area contributed by atoms with Crippen LogP contribution in [-0.2, 0) is 6.54 Å². The van der Waals surface area contributed by atoms with Gasteiger partial charge in [-0.2, -0.15) is 10.4 Å². The van der Waals surface area contributed by atoms with Crippen LogP contribution in [0.4, 0.5) is 5.69 Å². The average Bonchev–Trinajstić information content (AvgIpc) is 2.72. The Morgan fingerprint density at radius 1 is 1.53 bits per heavy atom. The van der Waals surface area contributed by atoms with E-state index < -0.39 is 0 Å². The van der Waals surface area contributed by atoms with Gasteiger partial charge in [-0.1, -0.05) is 11.6 Å². The molecule has 2 N–H and O–H groups in total. The molecule has 4 nitrogen and oxygen atoms in total. The van der Waals surface area contributed by atoms with Gasteiger partial charge in [0.1, 0.15) is 6.07 Å². The van der Waals surface area contributed by atoms with Crippen LogP contribution < -0.4 is 5.32 Å². The lowest BCUT2D eigenvalue weighted by atomic mass is 10.2.